The maximum Gasteiger partial charge on any atom is 0.0414 e. The summed E-state index contributed by atoms with van der Waals surface area (Å²) in [5.41, 5.74) is 3.19. The van der Waals surface area contributed by atoms with Crippen molar-refractivity contribution in [2.24, 2.45) is 0 Å². The highest BCUT2D eigenvalue weighted by atomic mass is 79.9. The zero-order chi connectivity index (χ0) is 15.7. The molecule has 2 aromatic carbocycles. The molecule has 1 atom stereocenters. The number of hydrogen-bond donors (Lipinski definition) is 0. The molecule has 23 heavy (non-hydrogen) atoms. The van der Waals surface area contributed by atoms with E-state index in [0.29, 0.717) is 6.04 Å². The molecule has 0 N–H and O–H groups in total. The number of hydrogen-bond acceptors (Lipinski definition) is 1. The van der Waals surface area contributed by atoms with Gasteiger partial charge in [0.2, 0.25) is 0 Å². The van der Waals surface area contributed by atoms with Gasteiger partial charge < -0.3 is 4.90 Å². The minimum absolute atomic E-state index is 0. The fraction of sp³-hybridized carbons (Fsp3) is 0.500. The average molecular weight is 441 g/mol. The molecule has 1 aliphatic heterocycles. The summed E-state index contributed by atoms with van der Waals surface area (Å²) in [5.74, 6) is 0. The minimum atomic E-state index is 0. The molecule has 0 fully saturated rings. The molecular formula is C20H27Br2N. The van der Waals surface area contributed by atoms with Crippen LogP contribution in [-0.4, -0.2) is 17.9 Å². The van der Waals surface area contributed by atoms with Gasteiger partial charge in [-0.3, -0.25) is 0 Å². The zero-order valence-corrected chi connectivity index (χ0v) is 17.6. The van der Waals surface area contributed by atoms with Gasteiger partial charge in [-0.25, -0.2) is 0 Å². The van der Waals surface area contributed by atoms with Crippen molar-refractivity contribution < 1.29 is 0 Å². The minimum Gasteiger partial charge on any atom is -0.368 e. The largest absolute Gasteiger partial charge is 0.368 e. The third kappa shape index (κ3) is 3.32. The highest BCUT2D eigenvalue weighted by Gasteiger charge is 2.42. The molecule has 0 radical (unpaired) electrons. The lowest BCUT2D eigenvalue weighted by molar-refractivity contribution is 0.439. The maximum absolute atomic E-state index is 3.53. The lowest BCUT2D eigenvalue weighted by Crippen LogP contribution is -2.39. The predicted octanol–water partition coefficient (Wildman–Crippen LogP) is 6.47. The van der Waals surface area contributed by atoms with Crippen molar-refractivity contribution in [1.82, 2.24) is 0 Å². The van der Waals surface area contributed by atoms with Gasteiger partial charge >= 0.3 is 0 Å². The van der Waals surface area contributed by atoms with Gasteiger partial charge in [-0.15, -0.1) is 17.0 Å². The van der Waals surface area contributed by atoms with E-state index in [1.54, 1.807) is 5.56 Å². The van der Waals surface area contributed by atoms with Crippen LogP contribution in [0.4, 0.5) is 5.69 Å². The van der Waals surface area contributed by atoms with Crippen LogP contribution < -0.4 is 4.90 Å². The second kappa shape index (κ2) is 7.57. The molecule has 0 bridgehead atoms. The Balaban J connectivity index is 0.00000192. The van der Waals surface area contributed by atoms with Gasteiger partial charge in [0.25, 0.3) is 0 Å². The SMILES string of the molecule is Br.CC1N(CCCCCBr)c2ccc3ccccc3c2C1(C)C. The quantitative estimate of drug-likeness (QED) is 0.380. The molecule has 0 saturated heterocycles. The number of anilines is 1. The van der Waals surface area contributed by atoms with Crippen LogP contribution in [0.3, 0.4) is 0 Å². The number of unbranched alkanes of at least 4 members (excludes halogenated alkanes) is 2. The van der Waals surface area contributed by atoms with Crippen molar-refractivity contribution in [3.05, 3.63) is 42.0 Å². The third-order valence-corrected chi connectivity index (χ3v) is 5.97. The Hall–Kier alpha value is -0.540. The first-order valence-corrected chi connectivity index (χ1v) is 9.54. The molecule has 1 aliphatic rings. The van der Waals surface area contributed by atoms with Crippen LogP contribution >= 0.6 is 32.9 Å². The molecule has 0 aromatic heterocycles. The van der Waals surface area contributed by atoms with Crippen LogP contribution in [0.2, 0.25) is 0 Å². The molecule has 0 amide bonds. The summed E-state index contributed by atoms with van der Waals surface area (Å²) < 4.78 is 0. The van der Waals surface area contributed by atoms with Crippen LogP contribution in [0.5, 0.6) is 0 Å². The molecule has 0 aliphatic carbocycles. The second-order valence-electron chi connectivity index (χ2n) is 7.02. The Morgan fingerprint density at radius 3 is 2.52 bits per heavy atom. The van der Waals surface area contributed by atoms with E-state index >= 15 is 0 Å². The number of nitrogens with zero attached hydrogens (tertiary/aromatic N) is 1. The van der Waals surface area contributed by atoms with Crippen molar-refractivity contribution >= 4 is 49.4 Å². The van der Waals surface area contributed by atoms with Gasteiger partial charge in [0.1, 0.15) is 0 Å². The lowest BCUT2D eigenvalue weighted by atomic mass is 9.79. The maximum atomic E-state index is 3.53. The van der Waals surface area contributed by atoms with E-state index in [1.807, 2.05) is 0 Å². The third-order valence-electron chi connectivity index (χ3n) is 5.41. The number of benzene rings is 2. The second-order valence-corrected chi connectivity index (χ2v) is 7.81. The van der Waals surface area contributed by atoms with Gasteiger partial charge in [-0.2, -0.15) is 0 Å². The van der Waals surface area contributed by atoms with E-state index < -0.39 is 0 Å². The highest BCUT2D eigenvalue weighted by molar-refractivity contribution is 9.09. The molecule has 0 spiro atoms. The lowest BCUT2D eigenvalue weighted by Gasteiger charge is -2.31. The van der Waals surface area contributed by atoms with Crippen LogP contribution in [0.25, 0.3) is 10.8 Å². The topological polar surface area (TPSA) is 3.24 Å². The number of fused-ring (bicyclic) bond motifs is 3. The molecular weight excluding hydrogens is 414 g/mol. The van der Waals surface area contributed by atoms with Crippen LogP contribution in [-0.2, 0) is 5.41 Å². The summed E-state index contributed by atoms with van der Waals surface area (Å²) in [6.45, 7) is 8.37. The molecule has 1 heterocycles. The molecule has 3 heteroatoms. The smallest absolute Gasteiger partial charge is 0.0414 e. The monoisotopic (exact) mass is 439 g/mol. The van der Waals surface area contributed by atoms with Gasteiger partial charge in [0.15, 0.2) is 0 Å². The van der Waals surface area contributed by atoms with E-state index in [-0.39, 0.29) is 22.4 Å². The first-order chi connectivity index (χ1) is 10.6. The Morgan fingerprint density at radius 2 is 1.78 bits per heavy atom. The van der Waals surface area contributed by atoms with Crippen LogP contribution in [0.15, 0.2) is 36.4 Å². The molecule has 1 unspecified atom stereocenters. The van der Waals surface area contributed by atoms with Crippen LogP contribution in [0.1, 0.15) is 45.6 Å². The van der Waals surface area contributed by atoms with E-state index in [0.717, 1.165) is 5.33 Å². The molecule has 0 saturated carbocycles. The van der Waals surface area contributed by atoms with Gasteiger partial charge in [0.05, 0.1) is 0 Å². The number of alkyl halides is 1. The van der Waals surface area contributed by atoms with Crippen molar-refractivity contribution in [3.63, 3.8) is 0 Å². The first kappa shape index (κ1) is 18.8. The Labute approximate surface area is 159 Å². The van der Waals surface area contributed by atoms with Crippen LogP contribution in [0, 0.1) is 0 Å². The summed E-state index contributed by atoms with van der Waals surface area (Å²) in [6.07, 6.45) is 3.85. The number of rotatable bonds is 5. The van der Waals surface area contributed by atoms with Crippen molar-refractivity contribution in [3.8, 4) is 0 Å². The van der Waals surface area contributed by atoms with E-state index in [2.05, 4.69) is 78.0 Å². The first-order valence-electron chi connectivity index (χ1n) is 8.42. The van der Waals surface area contributed by atoms with Crippen molar-refractivity contribution in [2.45, 2.75) is 51.5 Å². The van der Waals surface area contributed by atoms with Crippen molar-refractivity contribution in [1.29, 1.82) is 0 Å². The van der Waals surface area contributed by atoms with Gasteiger partial charge in [0, 0.05) is 29.0 Å². The van der Waals surface area contributed by atoms with E-state index in [4.69, 9.17) is 0 Å². The average Bonchev–Trinajstić information content (AvgIpc) is 2.72. The van der Waals surface area contributed by atoms with Crippen molar-refractivity contribution in [2.75, 3.05) is 16.8 Å². The normalized spacial score (nSPS) is 18.8. The van der Waals surface area contributed by atoms with E-state index in [1.165, 1.54) is 42.3 Å². The fourth-order valence-electron chi connectivity index (χ4n) is 3.85. The molecule has 126 valence electrons. The Bertz CT molecular complexity index is 666. The Morgan fingerprint density at radius 1 is 1.04 bits per heavy atom. The van der Waals surface area contributed by atoms with E-state index in [9.17, 15) is 0 Å². The summed E-state index contributed by atoms with van der Waals surface area (Å²) >= 11 is 3.53. The zero-order valence-electron chi connectivity index (χ0n) is 14.3. The summed E-state index contributed by atoms with van der Waals surface area (Å²) in [4.78, 5) is 2.63. The highest BCUT2D eigenvalue weighted by Crippen LogP contribution is 2.48. The summed E-state index contributed by atoms with van der Waals surface area (Å²) in [5, 5.41) is 3.91. The van der Waals surface area contributed by atoms with Gasteiger partial charge in [-0.05, 0) is 42.2 Å². The standard InChI is InChI=1S/C20H26BrN.BrH/c1-15-20(2,3)19-17-10-6-5-9-16(17)11-12-18(19)22(15)14-8-4-7-13-21;/h5-6,9-12,15H,4,7-8,13-14H2,1-3H3;1H. The summed E-state index contributed by atoms with van der Waals surface area (Å²) in [7, 11) is 0. The van der Waals surface area contributed by atoms with Gasteiger partial charge in [-0.1, -0.05) is 66.5 Å². The Kier molecular flexibility index (Phi) is 6.18. The number of halogens is 2. The molecule has 2 aromatic rings. The fourth-order valence-corrected chi connectivity index (χ4v) is 4.25. The summed E-state index contributed by atoms with van der Waals surface area (Å²) in [6, 6.07) is 14.0. The predicted molar refractivity (Wildman–Crippen MR) is 112 cm³/mol. The molecule has 1 nitrogen and oxygen atoms in total. The molecule has 3 rings (SSSR count).